The fraction of sp³-hybridized carbons (Fsp3) is 1.00. The Bertz CT molecular complexity index is 204. The van der Waals surface area contributed by atoms with Gasteiger partial charge in [-0.2, -0.15) is 0 Å². The average Bonchev–Trinajstić information content (AvgIpc) is 2.67. The molecule has 2 nitrogen and oxygen atoms in total. The second-order valence-corrected chi connectivity index (χ2v) is 5.45. The third kappa shape index (κ3) is 1.82. The standard InChI is InChI=1S/C12H23NO/c1-9(2)7-13-8-11-6-12(11)4-5-14-10(12)3/h9-11,13H,4-8H2,1-3H3. The highest BCUT2D eigenvalue weighted by molar-refractivity contribution is 5.08. The molecule has 0 aromatic heterocycles. The first-order valence-corrected chi connectivity index (χ1v) is 5.97. The molecule has 1 heterocycles. The van der Waals surface area contributed by atoms with Crippen molar-refractivity contribution in [1.29, 1.82) is 0 Å². The lowest BCUT2D eigenvalue weighted by molar-refractivity contribution is 0.0952. The van der Waals surface area contributed by atoms with Gasteiger partial charge in [-0.25, -0.2) is 0 Å². The summed E-state index contributed by atoms with van der Waals surface area (Å²) in [5, 5.41) is 3.56. The molecule has 0 amide bonds. The van der Waals surface area contributed by atoms with Crippen LogP contribution in [0.4, 0.5) is 0 Å². The molecule has 1 saturated heterocycles. The highest BCUT2D eigenvalue weighted by atomic mass is 16.5. The highest BCUT2D eigenvalue weighted by Crippen LogP contribution is 2.60. The Morgan fingerprint density at radius 2 is 2.29 bits per heavy atom. The maximum absolute atomic E-state index is 5.66. The average molecular weight is 197 g/mol. The summed E-state index contributed by atoms with van der Waals surface area (Å²) in [7, 11) is 0. The van der Waals surface area contributed by atoms with Crippen LogP contribution in [0.3, 0.4) is 0 Å². The van der Waals surface area contributed by atoms with Crippen molar-refractivity contribution in [3.63, 3.8) is 0 Å². The van der Waals surface area contributed by atoms with E-state index in [4.69, 9.17) is 4.74 Å². The molecule has 2 aliphatic rings. The van der Waals surface area contributed by atoms with Gasteiger partial charge in [0.1, 0.15) is 0 Å². The van der Waals surface area contributed by atoms with Crippen molar-refractivity contribution in [2.24, 2.45) is 17.3 Å². The predicted octanol–water partition coefficient (Wildman–Crippen LogP) is 2.05. The van der Waals surface area contributed by atoms with Crippen molar-refractivity contribution in [2.45, 2.75) is 39.7 Å². The summed E-state index contributed by atoms with van der Waals surface area (Å²) in [5.41, 5.74) is 0.573. The molecule has 1 N–H and O–H groups in total. The lowest BCUT2D eigenvalue weighted by atomic mass is 9.96. The van der Waals surface area contributed by atoms with E-state index in [2.05, 4.69) is 26.1 Å². The van der Waals surface area contributed by atoms with Crippen molar-refractivity contribution in [3.8, 4) is 0 Å². The van der Waals surface area contributed by atoms with Gasteiger partial charge in [-0.3, -0.25) is 0 Å². The van der Waals surface area contributed by atoms with Crippen LogP contribution in [-0.4, -0.2) is 25.8 Å². The minimum absolute atomic E-state index is 0.508. The summed E-state index contributed by atoms with van der Waals surface area (Å²) in [6.07, 6.45) is 3.19. The van der Waals surface area contributed by atoms with Gasteiger partial charge in [0.2, 0.25) is 0 Å². The van der Waals surface area contributed by atoms with Crippen LogP contribution in [0.1, 0.15) is 33.6 Å². The summed E-state index contributed by atoms with van der Waals surface area (Å²) in [6.45, 7) is 10.1. The van der Waals surface area contributed by atoms with E-state index in [1.165, 1.54) is 19.4 Å². The molecule has 0 radical (unpaired) electrons. The molecule has 0 bridgehead atoms. The molecule has 2 fully saturated rings. The molecule has 2 heteroatoms. The summed E-state index contributed by atoms with van der Waals surface area (Å²) in [4.78, 5) is 0. The Labute approximate surface area is 87.4 Å². The van der Waals surface area contributed by atoms with E-state index >= 15 is 0 Å². The lowest BCUT2D eigenvalue weighted by Gasteiger charge is -2.14. The first kappa shape index (κ1) is 10.4. The van der Waals surface area contributed by atoms with E-state index in [1.807, 2.05) is 0 Å². The normalized spacial score (nSPS) is 41.1. The van der Waals surface area contributed by atoms with Gasteiger partial charge in [0, 0.05) is 12.0 Å². The van der Waals surface area contributed by atoms with Crippen molar-refractivity contribution >= 4 is 0 Å². The minimum atomic E-state index is 0.508. The monoisotopic (exact) mass is 197 g/mol. The van der Waals surface area contributed by atoms with E-state index in [9.17, 15) is 0 Å². The zero-order valence-corrected chi connectivity index (χ0v) is 9.68. The molecule has 1 spiro atoms. The Hall–Kier alpha value is -0.0800. The lowest BCUT2D eigenvalue weighted by Crippen LogP contribution is -2.25. The third-order valence-electron chi connectivity index (χ3n) is 3.97. The number of hydrogen-bond acceptors (Lipinski definition) is 2. The largest absolute Gasteiger partial charge is 0.378 e. The molecule has 3 unspecified atom stereocenters. The maximum Gasteiger partial charge on any atom is 0.0607 e. The third-order valence-corrected chi connectivity index (χ3v) is 3.97. The van der Waals surface area contributed by atoms with Crippen LogP contribution in [0.2, 0.25) is 0 Å². The van der Waals surface area contributed by atoms with E-state index < -0.39 is 0 Å². The highest BCUT2D eigenvalue weighted by Gasteiger charge is 2.59. The van der Waals surface area contributed by atoms with Gasteiger partial charge in [0.25, 0.3) is 0 Å². The smallest absolute Gasteiger partial charge is 0.0607 e. The van der Waals surface area contributed by atoms with Gasteiger partial charge < -0.3 is 10.1 Å². The molecular formula is C12H23NO. The summed E-state index contributed by atoms with van der Waals surface area (Å²) in [5.74, 6) is 1.65. The molecule has 1 aliphatic heterocycles. The van der Waals surface area contributed by atoms with Crippen LogP contribution in [0.5, 0.6) is 0 Å². The van der Waals surface area contributed by atoms with Crippen LogP contribution in [-0.2, 0) is 4.74 Å². The number of ether oxygens (including phenoxy) is 1. The van der Waals surface area contributed by atoms with E-state index in [1.54, 1.807) is 0 Å². The number of rotatable bonds is 4. The maximum atomic E-state index is 5.66. The van der Waals surface area contributed by atoms with Crippen LogP contribution in [0.25, 0.3) is 0 Å². The fourth-order valence-electron chi connectivity index (χ4n) is 2.82. The molecule has 14 heavy (non-hydrogen) atoms. The van der Waals surface area contributed by atoms with Crippen molar-refractivity contribution < 1.29 is 4.74 Å². The van der Waals surface area contributed by atoms with Crippen molar-refractivity contribution in [2.75, 3.05) is 19.7 Å². The van der Waals surface area contributed by atoms with Gasteiger partial charge in [0.05, 0.1) is 6.10 Å². The first-order valence-electron chi connectivity index (χ1n) is 5.97. The van der Waals surface area contributed by atoms with Crippen LogP contribution < -0.4 is 5.32 Å². The van der Waals surface area contributed by atoms with Crippen LogP contribution in [0.15, 0.2) is 0 Å². The Morgan fingerprint density at radius 3 is 2.86 bits per heavy atom. The molecule has 0 aromatic carbocycles. The van der Waals surface area contributed by atoms with Gasteiger partial charge in [-0.05, 0) is 44.7 Å². The first-order chi connectivity index (χ1) is 6.65. The van der Waals surface area contributed by atoms with Crippen LogP contribution in [0, 0.1) is 17.3 Å². The predicted molar refractivity (Wildman–Crippen MR) is 58.3 cm³/mol. The summed E-state index contributed by atoms with van der Waals surface area (Å²) < 4.78 is 5.66. The second kappa shape index (κ2) is 3.82. The summed E-state index contributed by atoms with van der Waals surface area (Å²) >= 11 is 0. The molecule has 82 valence electrons. The molecule has 1 aliphatic carbocycles. The molecule has 3 atom stereocenters. The van der Waals surface area contributed by atoms with Crippen molar-refractivity contribution in [3.05, 3.63) is 0 Å². The topological polar surface area (TPSA) is 21.3 Å². The number of nitrogens with one attached hydrogen (secondary N) is 1. The van der Waals surface area contributed by atoms with E-state index in [0.29, 0.717) is 11.5 Å². The zero-order chi connectivity index (χ0) is 10.2. The quantitative estimate of drug-likeness (QED) is 0.744. The molecule has 2 rings (SSSR count). The Balaban J connectivity index is 1.70. The second-order valence-electron chi connectivity index (χ2n) is 5.45. The van der Waals surface area contributed by atoms with Gasteiger partial charge in [0.15, 0.2) is 0 Å². The Kier molecular flexibility index (Phi) is 2.85. The zero-order valence-electron chi connectivity index (χ0n) is 9.68. The van der Waals surface area contributed by atoms with Crippen molar-refractivity contribution in [1.82, 2.24) is 5.32 Å². The van der Waals surface area contributed by atoms with E-state index in [-0.39, 0.29) is 0 Å². The van der Waals surface area contributed by atoms with Gasteiger partial charge in [-0.1, -0.05) is 13.8 Å². The van der Waals surface area contributed by atoms with Gasteiger partial charge >= 0.3 is 0 Å². The molecule has 1 saturated carbocycles. The minimum Gasteiger partial charge on any atom is -0.378 e. The Morgan fingerprint density at radius 1 is 1.50 bits per heavy atom. The SMILES string of the molecule is CC(C)CNCC1CC12CCOC2C. The van der Waals surface area contributed by atoms with Crippen LogP contribution >= 0.6 is 0 Å². The van der Waals surface area contributed by atoms with Gasteiger partial charge in [-0.15, -0.1) is 0 Å². The van der Waals surface area contributed by atoms with E-state index in [0.717, 1.165) is 25.0 Å². The molecular weight excluding hydrogens is 174 g/mol. The fourth-order valence-corrected chi connectivity index (χ4v) is 2.82. The summed E-state index contributed by atoms with van der Waals surface area (Å²) in [6, 6.07) is 0. The molecule has 0 aromatic rings. The number of hydrogen-bond donors (Lipinski definition) is 1.